The third-order valence-corrected chi connectivity index (χ3v) is 7.43. The van der Waals surface area contributed by atoms with Crippen LogP contribution in [-0.4, -0.2) is 72.3 Å². The number of hydrogen-bond acceptors (Lipinski definition) is 8. The van der Waals surface area contributed by atoms with Gasteiger partial charge in [-0.25, -0.2) is 9.97 Å². The number of likely N-dealkylation sites (tertiary alicyclic amines) is 1. The summed E-state index contributed by atoms with van der Waals surface area (Å²) in [4.78, 5) is 23.8. The van der Waals surface area contributed by atoms with Gasteiger partial charge in [0.25, 0.3) is 5.91 Å². The van der Waals surface area contributed by atoms with Crippen LogP contribution in [0.4, 0.5) is 24.7 Å². The highest BCUT2D eigenvalue weighted by molar-refractivity contribution is 5.96. The van der Waals surface area contributed by atoms with Crippen molar-refractivity contribution in [2.24, 2.45) is 0 Å². The van der Waals surface area contributed by atoms with Gasteiger partial charge in [-0.05, 0) is 50.1 Å². The molecule has 11 nitrogen and oxygen atoms in total. The maximum absolute atomic E-state index is 13.8. The Morgan fingerprint density at radius 1 is 1.24 bits per heavy atom. The Bertz CT molecular complexity index is 1650. The van der Waals surface area contributed by atoms with Gasteiger partial charge in [0.05, 0.1) is 29.1 Å². The monoisotopic (exact) mass is 581 g/mol. The van der Waals surface area contributed by atoms with Gasteiger partial charge in [0, 0.05) is 49.5 Å². The molecule has 14 heteroatoms. The first-order valence-electron chi connectivity index (χ1n) is 13.5. The molecule has 0 spiro atoms. The summed E-state index contributed by atoms with van der Waals surface area (Å²) >= 11 is 0. The molecule has 0 unspecified atom stereocenters. The smallest absolute Gasteiger partial charge is 0.388 e. The number of imidazole rings is 1. The number of aromatic nitrogens is 5. The fourth-order valence-electron chi connectivity index (χ4n) is 5.29. The molecule has 4 heterocycles. The van der Waals surface area contributed by atoms with Gasteiger partial charge in [0.1, 0.15) is 6.54 Å². The van der Waals surface area contributed by atoms with Crippen LogP contribution >= 0.6 is 0 Å². The number of hydrogen-bond donors (Lipinski definition) is 3. The number of anilines is 2. The molecule has 1 fully saturated rings. The van der Waals surface area contributed by atoms with E-state index in [4.69, 9.17) is 5.26 Å². The number of nitrogens with one attached hydrogen (secondary N) is 2. The Morgan fingerprint density at radius 2 is 2.00 bits per heavy atom. The number of piperidine rings is 1. The van der Waals surface area contributed by atoms with E-state index in [-0.39, 0.29) is 29.4 Å². The Labute approximate surface area is 239 Å². The van der Waals surface area contributed by atoms with E-state index >= 15 is 0 Å². The van der Waals surface area contributed by atoms with Crippen molar-refractivity contribution in [1.82, 2.24) is 34.4 Å². The van der Waals surface area contributed by atoms with Crippen molar-refractivity contribution in [3.05, 3.63) is 59.8 Å². The summed E-state index contributed by atoms with van der Waals surface area (Å²) in [7, 11) is 1.79. The molecule has 220 valence electrons. The molecule has 1 saturated heterocycles. The summed E-state index contributed by atoms with van der Waals surface area (Å²) in [5.74, 6) is 0.211. The molecule has 0 saturated carbocycles. The number of rotatable bonds is 8. The van der Waals surface area contributed by atoms with Crippen LogP contribution in [0, 0.1) is 11.3 Å². The maximum atomic E-state index is 13.8. The SMILES string of the molecule is CCc1cc(Nc2nccn3c(-c4cn(CC#N)nc4C(F)(F)F)cnc23)ccc1C(=O)N1CCC(O)(CNC)CC1. The molecular formula is C28H30F3N9O2. The summed E-state index contributed by atoms with van der Waals surface area (Å²) in [5.41, 5.74) is 0.314. The number of benzene rings is 1. The van der Waals surface area contributed by atoms with Crippen LogP contribution < -0.4 is 10.6 Å². The fourth-order valence-corrected chi connectivity index (χ4v) is 5.29. The van der Waals surface area contributed by atoms with Gasteiger partial charge < -0.3 is 20.6 Å². The number of fused-ring (bicyclic) bond motifs is 1. The van der Waals surface area contributed by atoms with E-state index in [2.05, 4.69) is 25.7 Å². The van der Waals surface area contributed by atoms with Crippen LogP contribution in [0.25, 0.3) is 16.9 Å². The topological polar surface area (TPSA) is 136 Å². The van der Waals surface area contributed by atoms with Gasteiger partial charge in [-0.3, -0.25) is 13.9 Å². The number of nitriles is 1. The van der Waals surface area contributed by atoms with Crippen LogP contribution in [-0.2, 0) is 19.1 Å². The van der Waals surface area contributed by atoms with Crippen molar-refractivity contribution in [2.45, 2.75) is 44.5 Å². The van der Waals surface area contributed by atoms with E-state index in [0.717, 1.165) is 10.2 Å². The lowest BCUT2D eigenvalue weighted by Crippen LogP contribution is -2.50. The number of aliphatic hydroxyl groups is 1. The highest BCUT2D eigenvalue weighted by Crippen LogP contribution is 2.37. The van der Waals surface area contributed by atoms with Crippen molar-refractivity contribution in [3.8, 4) is 17.3 Å². The summed E-state index contributed by atoms with van der Waals surface area (Å²) in [6.45, 7) is 3.01. The minimum Gasteiger partial charge on any atom is -0.388 e. The van der Waals surface area contributed by atoms with Crippen LogP contribution in [0.3, 0.4) is 0 Å². The molecule has 3 aromatic heterocycles. The number of carbonyl (C=O) groups excluding carboxylic acids is 1. The van der Waals surface area contributed by atoms with Gasteiger partial charge in [0.15, 0.2) is 17.2 Å². The standard InChI is InChI=1S/C28H30F3N9O2/c1-3-18-14-19(4-5-20(18)26(41)38-10-6-27(42,7-11-38)17-33-2)36-24-25-35-15-22(40(25)13-9-34-24)21-16-39(12-8-32)37-23(21)28(29,30)31/h4-5,9,13-16,33,42H,3,6-7,10-12,17H2,1-2H3,(H,34,36). The molecule has 5 rings (SSSR count). The number of likely N-dealkylation sites (N-methyl/N-ethyl adjacent to an activating group) is 1. The van der Waals surface area contributed by atoms with Crippen LogP contribution in [0.5, 0.6) is 0 Å². The quantitative estimate of drug-likeness (QED) is 0.287. The van der Waals surface area contributed by atoms with E-state index < -0.39 is 17.5 Å². The minimum absolute atomic E-state index is 0.0968. The van der Waals surface area contributed by atoms with Crippen molar-refractivity contribution < 1.29 is 23.1 Å². The highest BCUT2D eigenvalue weighted by atomic mass is 19.4. The summed E-state index contributed by atoms with van der Waals surface area (Å²) < 4.78 is 43.7. The number of halogens is 3. The molecule has 0 aliphatic carbocycles. The maximum Gasteiger partial charge on any atom is 0.435 e. The average Bonchev–Trinajstić information content (AvgIpc) is 3.58. The lowest BCUT2D eigenvalue weighted by molar-refractivity contribution is -0.141. The molecule has 0 atom stereocenters. The fraction of sp³-hybridized carbons (Fsp3) is 0.393. The van der Waals surface area contributed by atoms with Crippen LogP contribution in [0.15, 0.2) is 43.0 Å². The van der Waals surface area contributed by atoms with E-state index in [1.54, 1.807) is 30.1 Å². The van der Waals surface area contributed by atoms with Gasteiger partial charge >= 0.3 is 6.18 Å². The molecule has 0 radical (unpaired) electrons. The normalized spacial score (nSPS) is 15.1. The average molecular weight is 582 g/mol. The van der Waals surface area contributed by atoms with Gasteiger partial charge in [-0.2, -0.15) is 23.5 Å². The zero-order chi connectivity index (χ0) is 30.1. The van der Waals surface area contributed by atoms with E-state index in [1.807, 2.05) is 13.0 Å². The molecule has 1 amide bonds. The molecule has 0 bridgehead atoms. The third-order valence-electron chi connectivity index (χ3n) is 7.43. The number of aryl methyl sites for hydroxylation is 1. The molecule has 4 aromatic rings. The van der Waals surface area contributed by atoms with Gasteiger partial charge in [-0.15, -0.1) is 0 Å². The first-order valence-corrected chi connectivity index (χ1v) is 13.5. The number of nitrogens with zero attached hydrogens (tertiary/aromatic N) is 7. The summed E-state index contributed by atoms with van der Waals surface area (Å²) in [6.07, 6.45) is 2.27. The van der Waals surface area contributed by atoms with Gasteiger partial charge in [0.2, 0.25) is 0 Å². The van der Waals surface area contributed by atoms with Gasteiger partial charge in [-0.1, -0.05) is 6.92 Å². The molecule has 1 aliphatic heterocycles. The number of carbonyl (C=O) groups is 1. The molecule has 1 aliphatic rings. The van der Waals surface area contributed by atoms with Crippen molar-refractivity contribution in [2.75, 3.05) is 32.0 Å². The second-order valence-corrected chi connectivity index (χ2v) is 10.3. The van der Waals surface area contributed by atoms with E-state index in [9.17, 15) is 23.1 Å². The largest absolute Gasteiger partial charge is 0.435 e. The first-order chi connectivity index (χ1) is 20.1. The molecular weight excluding hydrogens is 551 g/mol. The highest BCUT2D eigenvalue weighted by Gasteiger charge is 2.38. The Balaban J connectivity index is 1.41. The summed E-state index contributed by atoms with van der Waals surface area (Å²) in [5, 5.41) is 29.3. The van der Waals surface area contributed by atoms with Crippen LogP contribution in [0.2, 0.25) is 0 Å². The van der Waals surface area contributed by atoms with E-state index in [1.165, 1.54) is 29.2 Å². The second-order valence-electron chi connectivity index (χ2n) is 10.3. The molecule has 1 aromatic carbocycles. The van der Waals surface area contributed by atoms with Crippen molar-refractivity contribution >= 4 is 23.1 Å². The van der Waals surface area contributed by atoms with Crippen LogP contribution in [0.1, 0.15) is 41.4 Å². The number of amides is 1. The zero-order valence-corrected chi connectivity index (χ0v) is 23.1. The molecule has 3 N–H and O–H groups in total. The third kappa shape index (κ3) is 5.65. The minimum atomic E-state index is -4.73. The molecule has 42 heavy (non-hydrogen) atoms. The number of alkyl halides is 3. The predicted molar refractivity (Wildman–Crippen MR) is 148 cm³/mol. The van der Waals surface area contributed by atoms with Crippen molar-refractivity contribution in [1.29, 1.82) is 5.26 Å². The second kappa shape index (κ2) is 11.4. The van der Waals surface area contributed by atoms with Crippen molar-refractivity contribution in [3.63, 3.8) is 0 Å². The Hall–Kier alpha value is -4.48. The lowest BCUT2D eigenvalue weighted by atomic mass is 9.90. The van der Waals surface area contributed by atoms with E-state index in [0.29, 0.717) is 56.0 Å². The Kier molecular flexibility index (Phi) is 7.89. The Morgan fingerprint density at radius 3 is 2.67 bits per heavy atom. The zero-order valence-electron chi connectivity index (χ0n) is 23.1. The predicted octanol–water partition coefficient (Wildman–Crippen LogP) is 3.63. The lowest BCUT2D eigenvalue weighted by Gasteiger charge is -2.38. The summed E-state index contributed by atoms with van der Waals surface area (Å²) in [6, 6.07) is 7.13. The first kappa shape index (κ1) is 29.0.